The van der Waals surface area contributed by atoms with Gasteiger partial charge in [-0.15, -0.1) is 0 Å². The second-order valence-electron chi connectivity index (χ2n) is 5.59. The van der Waals surface area contributed by atoms with Gasteiger partial charge in [-0.25, -0.2) is 0 Å². The van der Waals surface area contributed by atoms with Gasteiger partial charge in [0, 0.05) is 0 Å². The molecule has 1 aromatic carbocycles. The van der Waals surface area contributed by atoms with Crippen LogP contribution in [-0.2, 0) is 0 Å². The minimum atomic E-state index is 0.361. The van der Waals surface area contributed by atoms with E-state index in [4.69, 9.17) is 0 Å². The largest absolute Gasteiger partial charge is 0.508 e. The van der Waals surface area contributed by atoms with E-state index in [1.165, 1.54) is 24.8 Å². The SMILES string of the molecule is CCCC(C)C(CC(C)C)c1ccc(O)cc1. The highest BCUT2D eigenvalue weighted by atomic mass is 16.3. The van der Waals surface area contributed by atoms with Gasteiger partial charge in [0.25, 0.3) is 0 Å². The van der Waals surface area contributed by atoms with E-state index in [0.29, 0.717) is 23.5 Å². The standard InChI is InChI=1S/C16H26O/c1-5-6-13(4)16(11-12(2)3)14-7-9-15(17)10-8-14/h7-10,12-13,16-17H,5-6,11H2,1-4H3. The summed E-state index contributed by atoms with van der Waals surface area (Å²) in [5, 5.41) is 9.36. The fourth-order valence-corrected chi connectivity index (χ4v) is 2.58. The molecule has 2 atom stereocenters. The predicted molar refractivity (Wildman–Crippen MR) is 74.4 cm³/mol. The van der Waals surface area contributed by atoms with Gasteiger partial charge in [0.2, 0.25) is 0 Å². The van der Waals surface area contributed by atoms with Gasteiger partial charge in [-0.2, -0.15) is 0 Å². The monoisotopic (exact) mass is 234 g/mol. The molecule has 0 amide bonds. The number of rotatable bonds is 6. The van der Waals surface area contributed by atoms with E-state index < -0.39 is 0 Å². The Morgan fingerprint density at radius 3 is 2.12 bits per heavy atom. The number of hydrogen-bond acceptors (Lipinski definition) is 1. The average Bonchev–Trinajstić information content (AvgIpc) is 2.27. The molecule has 0 aromatic heterocycles. The van der Waals surface area contributed by atoms with Crippen molar-refractivity contribution in [1.29, 1.82) is 0 Å². The van der Waals surface area contributed by atoms with Crippen molar-refractivity contribution in [2.24, 2.45) is 11.8 Å². The first-order valence-electron chi connectivity index (χ1n) is 6.83. The van der Waals surface area contributed by atoms with Gasteiger partial charge in [-0.05, 0) is 41.9 Å². The van der Waals surface area contributed by atoms with E-state index in [2.05, 4.69) is 39.8 Å². The van der Waals surface area contributed by atoms with Crippen molar-refractivity contribution in [2.75, 3.05) is 0 Å². The van der Waals surface area contributed by atoms with Crippen LogP contribution in [-0.4, -0.2) is 5.11 Å². The van der Waals surface area contributed by atoms with Crippen molar-refractivity contribution in [2.45, 2.75) is 52.9 Å². The maximum absolute atomic E-state index is 9.36. The second kappa shape index (κ2) is 6.68. The van der Waals surface area contributed by atoms with Crippen LogP contribution < -0.4 is 0 Å². The van der Waals surface area contributed by atoms with Crippen molar-refractivity contribution < 1.29 is 5.11 Å². The highest BCUT2D eigenvalue weighted by Gasteiger charge is 2.19. The maximum atomic E-state index is 9.36. The summed E-state index contributed by atoms with van der Waals surface area (Å²) in [5.74, 6) is 2.41. The van der Waals surface area contributed by atoms with Crippen LogP contribution in [0.3, 0.4) is 0 Å². The third-order valence-corrected chi connectivity index (χ3v) is 3.48. The number of aromatic hydroxyl groups is 1. The first-order valence-corrected chi connectivity index (χ1v) is 6.83. The third-order valence-electron chi connectivity index (χ3n) is 3.48. The minimum Gasteiger partial charge on any atom is -0.508 e. The third kappa shape index (κ3) is 4.41. The van der Waals surface area contributed by atoms with Gasteiger partial charge in [-0.3, -0.25) is 0 Å². The van der Waals surface area contributed by atoms with Gasteiger partial charge in [-0.1, -0.05) is 52.7 Å². The molecule has 1 rings (SSSR count). The molecule has 1 nitrogen and oxygen atoms in total. The highest BCUT2D eigenvalue weighted by molar-refractivity contribution is 5.28. The zero-order chi connectivity index (χ0) is 12.8. The van der Waals surface area contributed by atoms with Crippen molar-refractivity contribution >= 4 is 0 Å². The summed E-state index contributed by atoms with van der Waals surface area (Å²) in [7, 11) is 0. The number of benzene rings is 1. The summed E-state index contributed by atoms with van der Waals surface area (Å²) < 4.78 is 0. The van der Waals surface area contributed by atoms with Crippen LogP contribution >= 0.6 is 0 Å². The molecule has 0 spiro atoms. The van der Waals surface area contributed by atoms with Crippen molar-refractivity contribution in [3.8, 4) is 5.75 Å². The quantitative estimate of drug-likeness (QED) is 0.737. The second-order valence-corrected chi connectivity index (χ2v) is 5.59. The molecule has 1 heteroatoms. The molecule has 0 heterocycles. The Kier molecular flexibility index (Phi) is 5.54. The average molecular weight is 234 g/mol. The topological polar surface area (TPSA) is 20.2 Å². The molecule has 0 aliphatic heterocycles. The zero-order valence-electron chi connectivity index (χ0n) is 11.6. The van der Waals surface area contributed by atoms with Crippen molar-refractivity contribution in [1.82, 2.24) is 0 Å². The summed E-state index contributed by atoms with van der Waals surface area (Å²) in [5.41, 5.74) is 1.37. The lowest BCUT2D eigenvalue weighted by Gasteiger charge is -2.26. The Morgan fingerprint density at radius 2 is 1.65 bits per heavy atom. The van der Waals surface area contributed by atoms with E-state index >= 15 is 0 Å². The Hall–Kier alpha value is -0.980. The molecular formula is C16H26O. The Balaban J connectivity index is 2.84. The van der Waals surface area contributed by atoms with Crippen LogP contribution in [0.15, 0.2) is 24.3 Å². The summed E-state index contributed by atoms with van der Waals surface area (Å²) in [4.78, 5) is 0. The van der Waals surface area contributed by atoms with Crippen LogP contribution in [0.5, 0.6) is 5.75 Å². The van der Waals surface area contributed by atoms with Crippen LogP contribution in [0, 0.1) is 11.8 Å². The van der Waals surface area contributed by atoms with Crippen LogP contribution in [0.2, 0.25) is 0 Å². The normalized spacial score (nSPS) is 14.9. The molecule has 0 bridgehead atoms. The van der Waals surface area contributed by atoms with Crippen LogP contribution in [0.1, 0.15) is 58.4 Å². The summed E-state index contributed by atoms with van der Waals surface area (Å²) in [6.45, 7) is 9.17. The summed E-state index contributed by atoms with van der Waals surface area (Å²) in [6, 6.07) is 7.77. The first-order chi connectivity index (χ1) is 8.04. The van der Waals surface area contributed by atoms with Gasteiger partial charge in [0.1, 0.15) is 5.75 Å². The fourth-order valence-electron chi connectivity index (χ4n) is 2.58. The van der Waals surface area contributed by atoms with Gasteiger partial charge >= 0.3 is 0 Å². The van der Waals surface area contributed by atoms with Gasteiger partial charge in [0.15, 0.2) is 0 Å². The molecule has 0 saturated carbocycles. The van der Waals surface area contributed by atoms with E-state index in [0.717, 1.165) is 0 Å². The molecule has 2 unspecified atom stereocenters. The Labute approximate surface area is 106 Å². The molecule has 0 fully saturated rings. The molecule has 0 aliphatic rings. The minimum absolute atomic E-state index is 0.361. The van der Waals surface area contributed by atoms with Crippen LogP contribution in [0.4, 0.5) is 0 Å². The summed E-state index contributed by atoms with van der Waals surface area (Å²) in [6.07, 6.45) is 3.75. The number of phenols is 1. The van der Waals surface area contributed by atoms with Gasteiger partial charge in [0.05, 0.1) is 0 Å². The van der Waals surface area contributed by atoms with Gasteiger partial charge < -0.3 is 5.11 Å². The fraction of sp³-hybridized carbons (Fsp3) is 0.625. The number of phenolic OH excluding ortho intramolecular Hbond substituents is 1. The smallest absolute Gasteiger partial charge is 0.115 e. The lowest BCUT2D eigenvalue weighted by molar-refractivity contribution is 0.364. The molecule has 0 saturated heterocycles. The molecular weight excluding hydrogens is 208 g/mol. The first kappa shape index (κ1) is 14.1. The lowest BCUT2D eigenvalue weighted by atomic mass is 9.79. The van der Waals surface area contributed by atoms with Crippen molar-refractivity contribution in [3.05, 3.63) is 29.8 Å². The van der Waals surface area contributed by atoms with Crippen LogP contribution in [0.25, 0.3) is 0 Å². The Bertz CT molecular complexity index is 313. The Morgan fingerprint density at radius 1 is 1.06 bits per heavy atom. The maximum Gasteiger partial charge on any atom is 0.115 e. The molecule has 96 valence electrons. The number of hydrogen-bond donors (Lipinski definition) is 1. The van der Waals surface area contributed by atoms with E-state index in [-0.39, 0.29) is 0 Å². The lowest BCUT2D eigenvalue weighted by Crippen LogP contribution is -2.12. The molecule has 1 aromatic rings. The highest BCUT2D eigenvalue weighted by Crippen LogP contribution is 2.34. The molecule has 0 aliphatic carbocycles. The van der Waals surface area contributed by atoms with E-state index in [9.17, 15) is 5.11 Å². The van der Waals surface area contributed by atoms with E-state index in [1.54, 1.807) is 12.1 Å². The zero-order valence-corrected chi connectivity index (χ0v) is 11.6. The predicted octanol–water partition coefficient (Wildman–Crippen LogP) is 4.96. The van der Waals surface area contributed by atoms with Crippen molar-refractivity contribution in [3.63, 3.8) is 0 Å². The summed E-state index contributed by atoms with van der Waals surface area (Å²) >= 11 is 0. The molecule has 1 N–H and O–H groups in total. The van der Waals surface area contributed by atoms with E-state index in [1.807, 2.05) is 0 Å². The molecule has 0 radical (unpaired) electrons. The molecule has 17 heavy (non-hydrogen) atoms.